The minimum Gasteiger partial charge on any atom is -0.507 e. The van der Waals surface area contributed by atoms with Crippen LogP contribution in [0.5, 0.6) is 11.5 Å². The zero-order valence-corrected chi connectivity index (χ0v) is 56.9. The van der Waals surface area contributed by atoms with Gasteiger partial charge in [-0.2, -0.15) is 0 Å². The first-order valence-electron chi connectivity index (χ1n) is 33.5. The zero-order valence-electron chi connectivity index (χ0n) is 56.9. The summed E-state index contributed by atoms with van der Waals surface area (Å²) in [7, 11) is 4.28. The Balaban J connectivity index is 0.685. The van der Waals surface area contributed by atoms with E-state index >= 15 is 0 Å². The number of fused-ring (bicyclic) bond motifs is 6. The molecule has 4 aliphatic heterocycles. The van der Waals surface area contributed by atoms with Crippen molar-refractivity contribution >= 4 is 76.4 Å². The molecular formula is C71H85N9O21. The number of carbonyl (C=O) groups is 11. The number of phenols is 2. The minimum atomic E-state index is -2.48. The van der Waals surface area contributed by atoms with Crippen LogP contribution in [0, 0.1) is 5.92 Å². The molecule has 8 amide bonds. The summed E-state index contributed by atoms with van der Waals surface area (Å²) in [5.74, 6) is -7.26. The molecule has 4 aromatic carbocycles. The normalized spacial score (nSPS) is 22.6. The van der Waals surface area contributed by atoms with Crippen molar-refractivity contribution in [2.75, 3.05) is 78.2 Å². The number of nitrogens with zero attached hydrogens (tertiary/aromatic N) is 4. The molecule has 6 aliphatic rings. The van der Waals surface area contributed by atoms with E-state index in [0.29, 0.717) is 43.7 Å². The Bertz CT molecular complexity index is 3850. The van der Waals surface area contributed by atoms with E-state index in [4.69, 9.17) is 38.9 Å². The van der Waals surface area contributed by atoms with Gasteiger partial charge >= 0.3 is 12.2 Å². The van der Waals surface area contributed by atoms with Crippen LogP contribution in [0.4, 0.5) is 21.0 Å². The fourth-order valence-electron chi connectivity index (χ4n) is 13.4. The van der Waals surface area contributed by atoms with E-state index in [9.17, 15) is 68.1 Å². The van der Waals surface area contributed by atoms with E-state index < -0.39 is 157 Å². The van der Waals surface area contributed by atoms with E-state index in [1.807, 2.05) is 32.0 Å². The molecule has 3 fully saturated rings. The lowest BCUT2D eigenvalue weighted by atomic mass is 9.71. The summed E-state index contributed by atoms with van der Waals surface area (Å²) in [5.41, 5.74) is 3.46. The molecule has 9 N–H and O–H groups in total. The number of imide groups is 1. The highest BCUT2D eigenvalue weighted by molar-refractivity contribution is 6.32. The molecule has 4 aromatic rings. The molecule has 0 bridgehead atoms. The first-order valence-corrected chi connectivity index (χ1v) is 33.5. The summed E-state index contributed by atoms with van der Waals surface area (Å²) in [4.78, 5) is 152. The van der Waals surface area contributed by atoms with Gasteiger partial charge in [0.15, 0.2) is 37.0 Å². The summed E-state index contributed by atoms with van der Waals surface area (Å²) < 4.78 is 41.4. The van der Waals surface area contributed by atoms with Gasteiger partial charge in [0, 0.05) is 126 Å². The number of ketones is 3. The average molecular weight is 1400 g/mol. The second-order valence-electron chi connectivity index (χ2n) is 26.4. The molecule has 3 saturated heterocycles. The molecule has 4 heterocycles. The largest absolute Gasteiger partial charge is 0.507 e. The number of anilines is 2. The summed E-state index contributed by atoms with van der Waals surface area (Å²) in [6.07, 6.45) is -3.43. The van der Waals surface area contributed by atoms with Gasteiger partial charge in [0.05, 0.1) is 42.0 Å². The highest BCUT2D eigenvalue weighted by Crippen LogP contribution is 2.53. The molecule has 30 nitrogen and oxygen atoms in total. The number of benzene rings is 4. The van der Waals surface area contributed by atoms with Crippen molar-refractivity contribution in [3.05, 3.63) is 129 Å². The summed E-state index contributed by atoms with van der Waals surface area (Å²) in [6.45, 7) is 4.73. The molecular weight excluding hydrogens is 1310 g/mol. The van der Waals surface area contributed by atoms with Gasteiger partial charge in [-0.25, -0.2) is 9.59 Å². The van der Waals surface area contributed by atoms with E-state index in [0.717, 1.165) is 15.4 Å². The Kier molecular flexibility index (Phi) is 23.7. The third-order valence-corrected chi connectivity index (χ3v) is 18.8. The zero-order chi connectivity index (χ0) is 72.6. The van der Waals surface area contributed by atoms with E-state index in [2.05, 4.69) is 26.2 Å². The van der Waals surface area contributed by atoms with Crippen LogP contribution in [-0.4, -0.2) is 222 Å². The number of unbranched alkanes of at least 4 members (excludes halogenated alkanes) is 2. The maximum absolute atomic E-state index is 14.3. The van der Waals surface area contributed by atoms with Crippen LogP contribution >= 0.6 is 0 Å². The Hall–Kier alpha value is -9.69. The van der Waals surface area contributed by atoms with Gasteiger partial charge in [0.25, 0.3) is 11.8 Å². The van der Waals surface area contributed by atoms with E-state index in [-0.39, 0.29) is 104 Å². The number of nitrogen functional groups attached to an aromatic ring is 1. The fraction of sp³-hybridized carbons (Fsp3) is 0.479. The number of Topliss-reactive ketones (excluding diaryl/α,β-unsaturated/α-hetero) is 1. The Morgan fingerprint density at radius 3 is 2.16 bits per heavy atom. The van der Waals surface area contributed by atoms with Gasteiger partial charge in [-0.1, -0.05) is 74.9 Å². The molecule has 0 radical (unpaired) electrons. The third-order valence-electron chi connectivity index (χ3n) is 18.8. The van der Waals surface area contributed by atoms with Crippen LogP contribution in [0.2, 0.25) is 0 Å². The van der Waals surface area contributed by atoms with Crippen molar-refractivity contribution in [3.63, 3.8) is 0 Å². The minimum absolute atomic E-state index is 0.0414. The maximum atomic E-state index is 14.3. The number of rotatable bonds is 28. The second kappa shape index (κ2) is 32.3. The predicted molar refractivity (Wildman–Crippen MR) is 357 cm³/mol. The number of hydrogen-bond donors (Lipinski definition) is 8. The summed E-state index contributed by atoms with van der Waals surface area (Å²) in [6, 6.07) is 17.2. The molecule has 10 atom stereocenters. The van der Waals surface area contributed by atoms with E-state index in [1.54, 1.807) is 43.3 Å². The third kappa shape index (κ3) is 17.0. The lowest BCUT2D eigenvalue weighted by molar-refractivity contribution is -0.256. The van der Waals surface area contributed by atoms with Gasteiger partial charge in [-0.05, 0) is 61.4 Å². The quantitative estimate of drug-likeness (QED) is 0.0154. The number of carbonyl (C=O) groups excluding carboxylic acids is 11. The van der Waals surface area contributed by atoms with Crippen molar-refractivity contribution in [3.8, 4) is 11.5 Å². The topological polar surface area (TPSA) is 400 Å². The Morgan fingerprint density at radius 2 is 1.47 bits per heavy atom. The van der Waals surface area contributed by atoms with Crippen LogP contribution < -0.4 is 27.0 Å². The number of hydrogen-bond acceptors (Lipinski definition) is 23. The van der Waals surface area contributed by atoms with Crippen molar-refractivity contribution in [1.82, 2.24) is 35.6 Å². The monoisotopic (exact) mass is 1400 g/mol. The number of aromatic hydroxyl groups is 2. The average Bonchev–Trinajstić information content (AvgIpc) is 1.12. The molecule has 540 valence electrons. The van der Waals surface area contributed by atoms with Crippen molar-refractivity contribution in [1.29, 1.82) is 0 Å². The number of methoxy groups -OCH3 is 1. The van der Waals surface area contributed by atoms with Crippen LogP contribution in [0.15, 0.2) is 84.9 Å². The first kappa shape index (κ1) is 74.0. The van der Waals surface area contributed by atoms with Crippen molar-refractivity contribution < 1.29 is 101 Å². The maximum Gasteiger partial charge on any atom is 0.409 e. The van der Waals surface area contributed by atoms with Crippen LogP contribution in [0.25, 0.3) is 0 Å². The smallest absolute Gasteiger partial charge is 0.409 e. The van der Waals surface area contributed by atoms with E-state index in [1.165, 1.54) is 56.5 Å². The number of likely N-dealkylation sites (N-methyl/N-ethyl adjacent to an activating group) is 2. The fourth-order valence-corrected chi connectivity index (χ4v) is 13.4. The highest BCUT2D eigenvalue weighted by atomic mass is 16.7. The number of aliphatic hydroxyl groups is 1. The Labute approximate surface area is 582 Å². The highest BCUT2D eigenvalue weighted by Gasteiger charge is 2.55. The van der Waals surface area contributed by atoms with Crippen LogP contribution in [0.3, 0.4) is 0 Å². The van der Waals surface area contributed by atoms with Crippen molar-refractivity contribution in [2.24, 2.45) is 5.92 Å². The number of ether oxygens (including phenoxy) is 7. The molecule has 2 aliphatic carbocycles. The van der Waals surface area contributed by atoms with Gasteiger partial charge in [0.1, 0.15) is 41.9 Å². The number of amides is 8. The van der Waals surface area contributed by atoms with Gasteiger partial charge < -0.3 is 85.3 Å². The van der Waals surface area contributed by atoms with Gasteiger partial charge in [-0.3, -0.25) is 53.0 Å². The molecule has 0 saturated carbocycles. The number of nitrogens with two attached hydrogens (primary N) is 1. The van der Waals surface area contributed by atoms with Crippen LogP contribution in [0.1, 0.15) is 126 Å². The molecule has 0 spiro atoms. The SMILES string of the molecule is CO[C@H]1OCCN2[C@@H]1O[C@@H]1[C@H](C)OC(O[C@H]3C[C@](O)(C(=O)COC(=O)N(C)CCN(C)C(=O)OCc4ccc(NC(=O)CNC(=O)[C@H](CC(C)C)NC(=O)[C@H](Cc5ccccc5)NC(=O)CCCCCN5C(=O)C=CC5=O)cc4)Cc4c(O)c5c(c(O)c43)C(=O)c3c(N)cccc3C5=O)C[C@@H]12. The molecule has 1 unspecified atom stereocenters. The lowest BCUT2D eigenvalue weighted by Crippen LogP contribution is -2.55. The summed E-state index contributed by atoms with van der Waals surface area (Å²) >= 11 is 0. The van der Waals surface area contributed by atoms with Crippen molar-refractivity contribution in [2.45, 2.75) is 146 Å². The standard InChI is InChI=1S/C71H85N9O21/c1-38(2)30-46(76-66(91)47(31-40-14-9-7-10-15-40)75-51(82)18-11-8-12-25-80-53(84)23-24-54(80)85)65(90)73-35-52(83)74-42-21-19-41(20-22-42)36-97-69(92)77(4)26-27-78(5)70(93)98-37-50(81)71(94)33-44-57(63(89)59-58(61(44)87)60(86)43-16-13-17-45(72)56(43)62(59)88)49(34-71)100-55-32-48-64(39(3)99-55)101-67-68(95-6)96-29-28-79(48)67/h7,9-10,13-17,19-24,38-39,46-49,55,64,67-68,87,89,94H,8,11-12,18,25-37,72H2,1-6H3,(H,73,90)(H,74,83)(H,75,82)(H,76,91)/t39-,46-,47-,48-,49-,55?,64+,67+,68-,71-/m0/s1. The molecule has 0 aromatic heterocycles. The number of nitrogens with one attached hydrogen (secondary N) is 4. The first-order chi connectivity index (χ1) is 48.2. The number of phenolic OH excluding ortho intramolecular Hbond substituents is 2. The van der Waals surface area contributed by atoms with Crippen LogP contribution in [-0.2, 0) is 86.2 Å². The molecule has 10 rings (SSSR count). The number of morpholine rings is 1. The predicted octanol–water partition coefficient (Wildman–Crippen LogP) is 3.43. The summed E-state index contributed by atoms with van der Waals surface area (Å²) in [5, 5.41) is 47.4. The Morgan fingerprint density at radius 1 is 0.772 bits per heavy atom. The van der Waals surface area contributed by atoms with Gasteiger partial charge in [-0.15, -0.1) is 0 Å². The second-order valence-corrected chi connectivity index (χ2v) is 26.4. The molecule has 101 heavy (non-hydrogen) atoms. The molecule has 30 heteroatoms. The lowest BCUT2D eigenvalue weighted by Gasteiger charge is -2.43. The van der Waals surface area contributed by atoms with Gasteiger partial charge in [0.2, 0.25) is 29.4 Å².